The molecule has 42 nitrogen and oxygen atoms in total. The monoisotopic (exact) mass is 1740 g/mol. The van der Waals surface area contributed by atoms with Crippen molar-refractivity contribution in [2.45, 2.75) is 280 Å². The summed E-state index contributed by atoms with van der Waals surface area (Å²) in [6, 6.07) is -3.20. The molecule has 118 heavy (non-hydrogen) atoms. The Labute approximate surface area is 690 Å². The highest BCUT2D eigenvalue weighted by Crippen LogP contribution is 2.44. The maximum absolute atomic E-state index is 13.7. The number of Topliss-reactive ketones (excluding diaryl/α,β-unsaturated/α-hetero) is 1. The van der Waals surface area contributed by atoms with Gasteiger partial charge in [-0.2, -0.15) is 0 Å². The zero-order chi connectivity index (χ0) is 87.4. The van der Waals surface area contributed by atoms with Gasteiger partial charge in [0.05, 0.1) is 59.5 Å². The third-order valence-electron chi connectivity index (χ3n) is 19.6. The number of amides is 8. The molecule has 44 heteroatoms. The van der Waals surface area contributed by atoms with E-state index in [4.69, 9.17) is 51.3 Å². The summed E-state index contributed by atoms with van der Waals surface area (Å²) in [6.45, 7) is -0.169. The summed E-state index contributed by atoms with van der Waals surface area (Å²) in [6.07, 6.45) is -4.01. The Hall–Kier alpha value is -5.03. The quantitative estimate of drug-likeness (QED) is 0.0236. The predicted octanol–water partition coefficient (Wildman–Crippen LogP) is -1.80. The number of hydrogen-bond donors (Lipinski definition) is 17. The van der Waals surface area contributed by atoms with Gasteiger partial charge in [0.25, 0.3) is 0 Å². The molecule has 3 aliphatic heterocycles. The molecule has 0 aliphatic carbocycles. The van der Waals surface area contributed by atoms with Crippen molar-refractivity contribution in [1.29, 1.82) is 0 Å². The molecule has 8 amide bonds. The van der Waals surface area contributed by atoms with Gasteiger partial charge in [0, 0.05) is 145 Å². The van der Waals surface area contributed by atoms with Crippen molar-refractivity contribution in [2.24, 2.45) is 0 Å². The lowest BCUT2D eigenvalue weighted by molar-refractivity contribution is -0.270. The molecular weight excluding hydrogens is 1610 g/mol. The third-order valence-corrected chi connectivity index (χ3v) is 21.7. The molecule has 0 aromatic heterocycles. The standard InChI is InChI=1S/C74H136N8O34P2/c1-51(87)77-63-69(99)66(96)55(48-84)114-72(63)107-40-21-9-13-25-54(90)24-12-5-6-16-28-62(95)82(37-46-112-117(102,103)110-44-35-80(33-39-83)60(93)29-17-7-19-31-75-58(91)26-14-10-22-41-108-73-64(78-52(2)88)70(100)67(97)56(49-85)115-73)38-47-113-118(104,105)111-45-36-81(34-43-106-4)61(94)30-18-8-20-32-76-59(92)27-15-11-23-42-109-74-65(79-53(3)89)71(101)68(98)57(50-86)116-74/h55-57,63-74,83-86,96-101H,5-50H2,1-4H3,(H,75,91)(H,76,92)(H,77,87)(H,78,88)(H,79,89)(H,102,103)(H,104,105). The molecule has 17 atom stereocenters. The lowest BCUT2D eigenvalue weighted by atomic mass is 9.97. The predicted molar refractivity (Wildman–Crippen MR) is 417 cm³/mol. The molecule has 3 aliphatic rings. The molecule has 3 fully saturated rings. The largest absolute Gasteiger partial charge is 0.472 e. The summed E-state index contributed by atoms with van der Waals surface area (Å²) in [7, 11) is -8.23. The van der Waals surface area contributed by atoms with Crippen LogP contribution in [-0.2, 0) is 104 Å². The number of ether oxygens (including phenoxy) is 7. The Morgan fingerprint density at radius 3 is 0.907 bits per heavy atom. The smallest absolute Gasteiger partial charge is 0.395 e. The molecule has 686 valence electrons. The first kappa shape index (κ1) is 107. The molecule has 3 saturated heterocycles. The average molecular weight is 1740 g/mol. The molecule has 0 aromatic carbocycles. The van der Waals surface area contributed by atoms with Gasteiger partial charge < -0.3 is 135 Å². The van der Waals surface area contributed by atoms with Crippen LogP contribution >= 0.6 is 15.6 Å². The number of rotatable bonds is 67. The van der Waals surface area contributed by atoms with E-state index >= 15 is 0 Å². The van der Waals surface area contributed by atoms with Gasteiger partial charge >= 0.3 is 15.6 Å². The Kier molecular flexibility index (Phi) is 55.7. The fraction of sp³-hybridized carbons (Fsp3) is 0.878. The van der Waals surface area contributed by atoms with Crippen LogP contribution < -0.4 is 26.6 Å². The van der Waals surface area contributed by atoms with Crippen LogP contribution in [0.1, 0.15) is 188 Å². The second kappa shape index (κ2) is 61.3. The molecule has 0 radical (unpaired) electrons. The van der Waals surface area contributed by atoms with Crippen LogP contribution in [0.15, 0.2) is 0 Å². The number of phosphoric ester groups is 2. The molecule has 3 heterocycles. The zero-order valence-corrected chi connectivity index (χ0v) is 70.6. The summed E-state index contributed by atoms with van der Waals surface area (Å²) >= 11 is 0. The Balaban J connectivity index is 1.44. The highest BCUT2D eigenvalue weighted by Gasteiger charge is 2.48. The molecule has 3 rings (SSSR count). The molecule has 0 spiro atoms. The number of nitrogens with zero attached hydrogens (tertiary/aromatic N) is 3. The topological polar surface area (TPSA) is 602 Å². The minimum absolute atomic E-state index is 0.0299. The second-order valence-electron chi connectivity index (χ2n) is 29.2. The molecule has 0 aromatic rings. The van der Waals surface area contributed by atoms with Gasteiger partial charge in [-0.25, -0.2) is 9.13 Å². The van der Waals surface area contributed by atoms with Crippen molar-refractivity contribution in [3.05, 3.63) is 0 Å². The highest BCUT2D eigenvalue weighted by molar-refractivity contribution is 7.47. The second-order valence-corrected chi connectivity index (χ2v) is 32.2. The summed E-state index contributed by atoms with van der Waals surface area (Å²) in [5.41, 5.74) is 0. The Bertz CT molecular complexity index is 2980. The first-order valence-corrected chi connectivity index (χ1v) is 44.1. The molecule has 17 unspecified atom stereocenters. The van der Waals surface area contributed by atoms with E-state index in [0.717, 1.165) is 0 Å². The molecule has 17 N–H and O–H groups in total. The normalized spacial score (nSPS) is 24.2. The van der Waals surface area contributed by atoms with E-state index in [1.54, 1.807) is 0 Å². The first-order valence-electron chi connectivity index (χ1n) is 41.1. The maximum Gasteiger partial charge on any atom is 0.472 e. The Morgan fingerprint density at radius 2 is 0.619 bits per heavy atom. The van der Waals surface area contributed by atoms with E-state index in [9.17, 15) is 113 Å². The fourth-order valence-electron chi connectivity index (χ4n) is 13.1. The lowest BCUT2D eigenvalue weighted by Crippen LogP contribution is -2.64. The SMILES string of the molecule is COCCN(CCOP(=O)(O)OCCN(CCOP(=O)(O)OCCN(CCO)C(=O)CCCCCNC(=O)CCCCCOC1OC(CO)C(O)C(O)C1NC(C)=O)C(=O)CCCCCCC(=O)CCCCCOC1OC(CO)C(O)C(O)C1NC(C)=O)C(=O)CCCCCNC(=O)CCCCCOC1OC(CO)C(O)C(O)C1NC(C)=O. The number of phosphoric acid groups is 2. The number of nitrogens with one attached hydrogen (secondary N) is 5. The first-order chi connectivity index (χ1) is 56.3. The van der Waals surface area contributed by atoms with Crippen LogP contribution in [0, 0.1) is 0 Å². The lowest BCUT2D eigenvalue weighted by Gasteiger charge is -2.42. The van der Waals surface area contributed by atoms with Crippen LogP contribution in [-0.4, -0.2) is 359 Å². The van der Waals surface area contributed by atoms with Gasteiger partial charge in [-0.1, -0.05) is 44.9 Å². The highest BCUT2D eigenvalue weighted by atomic mass is 31.2. The van der Waals surface area contributed by atoms with Gasteiger partial charge in [0.2, 0.25) is 47.3 Å². The maximum atomic E-state index is 13.7. The molecular formula is C74H136N8O34P2. The van der Waals surface area contributed by atoms with Crippen LogP contribution in [0.25, 0.3) is 0 Å². The summed E-state index contributed by atoms with van der Waals surface area (Å²) in [5.74, 6) is -2.90. The number of carbonyl (C=O) groups excluding carboxylic acids is 9. The number of aliphatic hydroxyl groups excluding tert-OH is 10. The zero-order valence-electron chi connectivity index (χ0n) is 68.8. The van der Waals surface area contributed by atoms with E-state index in [-0.39, 0.29) is 127 Å². The van der Waals surface area contributed by atoms with Crippen molar-refractivity contribution in [2.75, 3.05) is 139 Å². The van der Waals surface area contributed by atoms with E-state index in [1.165, 1.54) is 42.6 Å². The number of methoxy groups -OCH3 is 1. The van der Waals surface area contributed by atoms with Gasteiger partial charge in [0.15, 0.2) is 18.9 Å². The van der Waals surface area contributed by atoms with Crippen LogP contribution in [0.4, 0.5) is 0 Å². The average Bonchev–Trinajstić information content (AvgIpc) is 0.818. The van der Waals surface area contributed by atoms with Crippen molar-refractivity contribution in [3.8, 4) is 0 Å². The van der Waals surface area contributed by atoms with E-state index < -0.39 is 184 Å². The van der Waals surface area contributed by atoms with E-state index in [1.807, 2.05) is 0 Å². The van der Waals surface area contributed by atoms with Crippen molar-refractivity contribution < 1.29 is 164 Å². The number of hydrogen-bond acceptors (Lipinski definition) is 32. The van der Waals surface area contributed by atoms with Crippen molar-refractivity contribution in [3.63, 3.8) is 0 Å². The van der Waals surface area contributed by atoms with E-state index in [2.05, 4.69) is 26.6 Å². The van der Waals surface area contributed by atoms with Gasteiger partial charge in [0.1, 0.15) is 78.8 Å². The number of carbonyl (C=O) groups is 9. The summed E-state index contributed by atoms with van der Waals surface area (Å²) < 4.78 is 86.2. The number of unbranched alkanes of at least 4 members (excludes halogenated alkanes) is 13. The van der Waals surface area contributed by atoms with Gasteiger partial charge in [-0.15, -0.1) is 0 Å². The molecule has 0 bridgehead atoms. The van der Waals surface area contributed by atoms with Crippen LogP contribution in [0.3, 0.4) is 0 Å². The van der Waals surface area contributed by atoms with Crippen LogP contribution in [0.5, 0.6) is 0 Å². The Morgan fingerprint density at radius 1 is 0.347 bits per heavy atom. The summed E-state index contributed by atoms with van der Waals surface area (Å²) in [5, 5.41) is 114. The van der Waals surface area contributed by atoms with Gasteiger partial charge in [-0.05, 0) is 77.0 Å². The minimum Gasteiger partial charge on any atom is -0.395 e. The number of aliphatic hydroxyl groups is 10. The fourth-order valence-corrected chi connectivity index (χ4v) is 14.5. The van der Waals surface area contributed by atoms with Crippen LogP contribution in [0.2, 0.25) is 0 Å². The van der Waals surface area contributed by atoms with Crippen molar-refractivity contribution in [1.82, 2.24) is 41.3 Å². The third kappa shape index (κ3) is 44.3. The minimum atomic E-state index is -4.84. The molecule has 0 saturated carbocycles. The number of ketones is 1. The van der Waals surface area contributed by atoms with E-state index in [0.29, 0.717) is 148 Å². The van der Waals surface area contributed by atoms with Gasteiger partial charge in [-0.3, -0.25) is 61.2 Å². The van der Waals surface area contributed by atoms with Crippen molar-refractivity contribution >= 4 is 68.7 Å². The summed E-state index contributed by atoms with van der Waals surface area (Å²) in [4.78, 5) is 138.